The molecule has 1 saturated heterocycles. The lowest BCUT2D eigenvalue weighted by atomic mass is 10.0. The number of piperazine rings is 1. The minimum Gasteiger partial charge on any atom is -0.355 e. The Balaban J connectivity index is 2.41. The first-order valence-electron chi connectivity index (χ1n) is 6.17. The molecule has 0 radical (unpaired) electrons. The molecule has 0 aliphatic carbocycles. The summed E-state index contributed by atoms with van der Waals surface area (Å²) in [6.07, 6.45) is 0. The van der Waals surface area contributed by atoms with Gasteiger partial charge in [-0.15, -0.1) is 0 Å². The molecule has 1 fully saturated rings. The predicted molar refractivity (Wildman–Crippen MR) is 66.4 cm³/mol. The molecule has 0 aromatic heterocycles. The van der Waals surface area contributed by atoms with E-state index in [1.807, 2.05) is 0 Å². The third kappa shape index (κ3) is 3.76. The lowest BCUT2D eigenvalue weighted by Crippen LogP contribution is -2.58. The minimum absolute atomic E-state index is 0.0558. The first-order chi connectivity index (χ1) is 7.45. The molecule has 1 aliphatic rings. The van der Waals surface area contributed by atoms with E-state index < -0.39 is 0 Å². The van der Waals surface area contributed by atoms with Gasteiger partial charge in [-0.1, -0.05) is 6.92 Å². The number of hydrogen-bond acceptors (Lipinski definition) is 3. The monoisotopic (exact) mass is 227 g/mol. The van der Waals surface area contributed by atoms with Gasteiger partial charge in [0.05, 0.1) is 0 Å². The van der Waals surface area contributed by atoms with Gasteiger partial charge in [0.1, 0.15) is 0 Å². The van der Waals surface area contributed by atoms with E-state index in [0.29, 0.717) is 0 Å². The van der Waals surface area contributed by atoms with Crippen LogP contribution in [0.25, 0.3) is 0 Å². The average molecular weight is 227 g/mol. The Morgan fingerprint density at radius 3 is 2.25 bits per heavy atom. The molecule has 16 heavy (non-hydrogen) atoms. The fourth-order valence-electron chi connectivity index (χ4n) is 2.12. The van der Waals surface area contributed by atoms with E-state index in [2.05, 4.69) is 35.9 Å². The number of amides is 1. The van der Waals surface area contributed by atoms with Crippen LogP contribution in [0.5, 0.6) is 0 Å². The van der Waals surface area contributed by atoms with Crippen LogP contribution >= 0.6 is 0 Å². The molecule has 4 nitrogen and oxygen atoms in total. The standard InChI is InChI=1S/C12H25N3O/c1-5-14-6-8-15(9-7-14)12(3,4)10-13-11(2)16/h5-10H2,1-4H3,(H,13,16). The van der Waals surface area contributed by atoms with Gasteiger partial charge in [-0.05, 0) is 20.4 Å². The Bertz CT molecular complexity index is 232. The summed E-state index contributed by atoms with van der Waals surface area (Å²) in [4.78, 5) is 15.9. The van der Waals surface area contributed by atoms with Gasteiger partial charge in [0, 0.05) is 45.2 Å². The largest absolute Gasteiger partial charge is 0.355 e. The maximum absolute atomic E-state index is 10.9. The zero-order valence-electron chi connectivity index (χ0n) is 11.0. The number of nitrogens with one attached hydrogen (secondary N) is 1. The topological polar surface area (TPSA) is 35.6 Å². The fourth-order valence-corrected chi connectivity index (χ4v) is 2.12. The smallest absolute Gasteiger partial charge is 0.216 e. The number of nitrogens with zero attached hydrogens (tertiary/aromatic N) is 2. The number of carbonyl (C=O) groups is 1. The van der Waals surface area contributed by atoms with Gasteiger partial charge in [-0.3, -0.25) is 9.69 Å². The van der Waals surface area contributed by atoms with E-state index in [-0.39, 0.29) is 11.4 Å². The van der Waals surface area contributed by atoms with E-state index in [4.69, 9.17) is 0 Å². The third-order valence-electron chi connectivity index (χ3n) is 3.45. The summed E-state index contributed by atoms with van der Waals surface area (Å²) in [7, 11) is 0. The van der Waals surface area contributed by atoms with Gasteiger partial charge in [-0.2, -0.15) is 0 Å². The van der Waals surface area contributed by atoms with Crippen LogP contribution in [0.15, 0.2) is 0 Å². The normalized spacial score (nSPS) is 19.8. The fraction of sp³-hybridized carbons (Fsp3) is 0.917. The summed E-state index contributed by atoms with van der Waals surface area (Å²) in [6.45, 7) is 14.5. The van der Waals surface area contributed by atoms with Gasteiger partial charge in [-0.25, -0.2) is 0 Å². The predicted octanol–water partition coefficient (Wildman–Crippen LogP) is 0.539. The Morgan fingerprint density at radius 1 is 1.25 bits per heavy atom. The van der Waals surface area contributed by atoms with E-state index in [0.717, 1.165) is 39.3 Å². The Labute approximate surface area is 99.0 Å². The molecule has 0 aromatic carbocycles. The number of carbonyl (C=O) groups excluding carboxylic acids is 1. The van der Waals surface area contributed by atoms with Crippen molar-refractivity contribution < 1.29 is 4.79 Å². The van der Waals surface area contributed by atoms with Crippen LogP contribution in [0.3, 0.4) is 0 Å². The van der Waals surface area contributed by atoms with Crippen molar-refractivity contribution in [1.29, 1.82) is 0 Å². The number of likely N-dealkylation sites (N-methyl/N-ethyl adjacent to an activating group) is 1. The highest BCUT2D eigenvalue weighted by Crippen LogP contribution is 2.15. The summed E-state index contributed by atoms with van der Waals surface area (Å²) in [5.74, 6) is 0.0558. The summed E-state index contributed by atoms with van der Waals surface area (Å²) < 4.78 is 0. The quantitative estimate of drug-likeness (QED) is 0.761. The molecule has 0 saturated carbocycles. The second-order valence-electron chi connectivity index (χ2n) is 5.14. The average Bonchev–Trinajstić information content (AvgIpc) is 2.27. The zero-order chi connectivity index (χ0) is 12.2. The van der Waals surface area contributed by atoms with Gasteiger partial charge >= 0.3 is 0 Å². The maximum Gasteiger partial charge on any atom is 0.216 e. The summed E-state index contributed by atoms with van der Waals surface area (Å²) in [5.41, 5.74) is 0.0610. The molecule has 0 bridgehead atoms. The molecular weight excluding hydrogens is 202 g/mol. The van der Waals surface area contributed by atoms with Crippen LogP contribution in [0.1, 0.15) is 27.7 Å². The van der Waals surface area contributed by atoms with Crippen LogP contribution in [0, 0.1) is 0 Å². The molecule has 0 atom stereocenters. The highest BCUT2D eigenvalue weighted by atomic mass is 16.1. The molecule has 0 aromatic rings. The van der Waals surface area contributed by atoms with E-state index in [1.165, 1.54) is 0 Å². The van der Waals surface area contributed by atoms with Crippen molar-refractivity contribution in [3.8, 4) is 0 Å². The summed E-state index contributed by atoms with van der Waals surface area (Å²) in [5, 5.41) is 2.91. The SMILES string of the molecule is CCN1CCN(C(C)(C)CNC(C)=O)CC1. The van der Waals surface area contributed by atoms with Gasteiger partial charge in [0.25, 0.3) is 0 Å². The van der Waals surface area contributed by atoms with Gasteiger partial charge in [0.2, 0.25) is 5.91 Å². The van der Waals surface area contributed by atoms with Crippen LogP contribution in [0.4, 0.5) is 0 Å². The molecule has 1 amide bonds. The van der Waals surface area contributed by atoms with E-state index >= 15 is 0 Å². The highest BCUT2D eigenvalue weighted by Gasteiger charge is 2.29. The highest BCUT2D eigenvalue weighted by molar-refractivity contribution is 5.72. The minimum atomic E-state index is 0.0558. The van der Waals surface area contributed by atoms with Gasteiger partial charge in [0.15, 0.2) is 0 Å². The second-order valence-corrected chi connectivity index (χ2v) is 5.14. The molecule has 0 spiro atoms. The zero-order valence-corrected chi connectivity index (χ0v) is 11.0. The van der Waals surface area contributed by atoms with Crippen molar-refractivity contribution >= 4 is 5.91 Å². The van der Waals surface area contributed by atoms with Crippen molar-refractivity contribution in [2.24, 2.45) is 0 Å². The Hall–Kier alpha value is -0.610. The number of rotatable bonds is 4. The Kier molecular flexibility index (Phi) is 4.74. The maximum atomic E-state index is 10.9. The molecule has 1 rings (SSSR count). The Morgan fingerprint density at radius 2 is 1.81 bits per heavy atom. The van der Waals surface area contributed by atoms with Crippen molar-refractivity contribution in [2.75, 3.05) is 39.3 Å². The van der Waals surface area contributed by atoms with Crippen molar-refractivity contribution in [3.63, 3.8) is 0 Å². The van der Waals surface area contributed by atoms with E-state index in [1.54, 1.807) is 6.92 Å². The lowest BCUT2D eigenvalue weighted by molar-refractivity contribution is -0.119. The molecule has 1 N–H and O–H groups in total. The lowest BCUT2D eigenvalue weighted by Gasteiger charge is -2.44. The number of hydrogen-bond donors (Lipinski definition) is 1. The van der Waals surface area contributed by atoms with Crippen molar-refractivity contribution in [3.05, 3.63) is 0 Å². The van der Waals surface area contributed by atoms with Crippen LogP contribution in [0.2, 0.25) is 0 Å². The second kappa shape index (κ2) is 5.64. The van der Waals surface area contributed by atoms with Crippen molar-refractivity contribution in [2.45, 2.75) is 33.2 Å². The van der Waals surface area contributed by atoms with E-state index in [9.17, 15) is 4.79 Å². The summed E-state index contributed by atoms with van der Waals surface area (Å²) >= 11 is 0. The van der Waals surface area contributed by atoms with Gasteiger partial charge < -0.3 is 10.2 Å². The molecule has 1 heterocycles. The summed E-state index contributed by atoms with van der Waals surface area (Å²) in [6, 6.07) is 0. The first-order valence-corrected chi connectivity index (χ1v) is 6.17. The molecule has 4 heteroatoms. The first kappa shape index (κ1) is 13.5. The molecule has 94 valence electrons. The molecule has 1 aliphatic heterocycles. The molecular formula is C12H25N3O. The van der Waals surface area contributed by atoms with Crippen molar-refractivity contribution in [1.82, 2.24) is 15.1 Å². The third-order valence-corrected chi connectivity index (χ3v) is 3.45. The van der Waals surface area contributed by atoms with Crippen LogP contribution in [-0.4, -0.2) is 60.5 Å². The van der Waals surface area contributed by atoms with Crippen LogP contribution in [-0.2, 0) is 4.79 Å². The van der Waals surface area contributed by atoms with Crippen LogP contribution < -0.4 is 5.32 Å². The molecule has 0 unspecified atom stereocenters.